The molecule has 0 fully saturated rings. The third kappa shape index (κ3) is 2.70. The van der Waals surface area contributed by atoms with E-state index in [1.807, 2.05) is 27.7 Å². The fraction of sp³-hybridized carbons (Fsp3) is 0.556. The standard InChI is InChI=1S/C9H14N2O2S/c1-5(2)13-9(12)10-8-6(3)11-14-7(8)4/h5H,1-4H3,(H,10,12). The van der Waals surface area contributed by atoms with E-state index in [-0.39, 0.29) is 6.10 Å². The van der Waals surface area contributed by atoms with Gasteiger partial charge >= 0.3 is 6.09 Å². The van der Waals surface area contributed by atoms with Crippen molar-refractivity contribution in [2.75, 3.05) is 5.32 Å². The van der Waals surface area contributed by atoms with Crippen molar-refractivity contribution in [2.45, 2.75) is 33.8 Å². The highest BCUT2D eigenvalue weighted by molar-refractivity contribution is 7.06. The second-order valence-electron chi connectivity index (χ2n) is 3.28. The van der Waals surface area contributed by atoms with Gasteiger partial charge in [-0.05, 0) is 39.2 Å². The first-order chi connectivity index (χ1) is 6.50. The molecule has 0 radical (unpaired) electrons. The van der Waals surface area contributed by atoms with E-state index < -0.39 is 6.09 Å². The summed E-state index contributed by atoms with van der Waals surface area (Å²) in [6.07, 6.45) is -0.534. The van der Waals surface area contributed by atoms with Crippen LogP contribution >= 0.6 is 11.5 Å². The number of hydrogen-bond donors (Lipinski definition) is 1. The van der Waals surface area contributed by atoms with Gasteiger partial charge in [0.2, 0.25) is 0 Å². The molecule has 1 rings (SSSR count). The summed E-state index contributed by atoms with van der Waals surface area (Å²) in [6.45, 7) is 7.39. The Morgan fingerprint density at radius 1 is 1.50 bits per heavy atom. The molecule has 0 spiro atoms. The van der Waals surface area contributed by atoms with Crippen LogP contribution in [-0.2, 0) is 4.74 Å². The normalized spacial score (nSPS) is 10.4. The molecule has 1 amide bonds. The predicted octanol–water partition coefficient (Wildman–Crippen LogP) is 2.72. The lowest BCUT2D eigenvalue weighted by molar-refractivity contribution is 0.130. The van der Waals surface area contributed by atoms with Gasteiger partial charge in [-0.1, -0.05) is 0 Å². The van der Waals surface area contributed by atoms with Crippen LogP contribution in [-0.4, -0.2) is 16.6 Å². The van der Waals surface area contributed by atoms with E-state index in [0.717, 1.165) is 16.3 Å². The van der Waals surface area contributed by atoms with Crippen LogP contribution in [0.5, 0.6) is 0 Å². The molecule has 0 aliphatic carbocycles. The minimum absolute atomic E-state index is 0.109. The number of carbonyl (C=O) groups is 1. The van der Waals surface area contributed by atoms with Crippen molar-refractivity contribution in [3.05, 3.63) is 10.6 Å². The zero-order valence-corrected chi connectivity index (χ0v) is 9.57. The van der Waals surface area contributed by atoms with Crippen LogP contribution in [0.3, 0.4) is 0 Å². The van der Waals surface area contributed by atoms with Crippen LogP contribution in [0.4, 0.5) is 10.5 Å². The fourth-order valence-corrected chi connectivity index (χ4v) is 1.66. The average Bonchev–Trinajstić information content (AvgIpc) is 2.34. The number of hydrogen-bond acceptors (Lipinski definition) is 4. The number of rotatable bonds is 2. The molecule has 1 aromatic rings. The summed E-state index contributed by atoms with van der Waals surface area (Å²) < 4.78 is 9.08. The van der Waals surface area contributed by atoms with Gasteiger partial charge in [0.15, 0.2) is 0 Å². The van der Waals surface area contributed by atoms with Crippen molar-refractivity contribution in [3.8, 4) is 0 Å². The smallest absolute Gasteiger partial charge is 0.411 e. The Bertz CT molecular complexity index is 314. The second-order valence-corrected chi connectivity index (χ2v) is 4.26. The highest BCUT2D eigenvalue weighted by Crippen LogP contribution is 2.22. The van der Waals surface area contributed by atoms with E-state index in [2.05, 4.69) is 9.69 Å². The van der Waals surface area contributed by atoms with Gasteiger partial charge in [-0.2, -0.15) is 4.37 Å². The molecule has 0 bridgehead atoms. The van der Waals surface area contributed by atoms with Crippen LogP contribution < -0.4 is 5.32 Å². The maximum Gasteiger partial charge on any atom is 0.411 e. The van der Waals surface area contributed by atoms with Gasteiger partial charge in [0, 0.05) is 4.88 Å². The van der Waals surface area contributed by atoms with Gasteiger partial charge in [0.25, 0.3) is 0 Å². The summed E-state index contributed by atoms with van der Waals surface area (Å²) in [4.78, 5) is 12.3. The topological polar surface area (TPSA) is 51.2 Å². The third-order valence-electron chi connectivity index (χ3n) is 1.60. The number of nitrogens with one attached hydrogen (secondary N) is 1. The van der Waals surface area contributed by atoms with Crippen LogP contribution in [0.2, 0.25) is 0 Å². The van der Waals surface area contributed by atoms with Crippen molar-refractivity contribution in [1.82, 2.24) is 4.37 Å². The largest absolute Gasteiger partial charge is 0.447 e. The molecule has 1 N–H and O–H groups in total. The molecular weight excluding hydrogens is 200 g/mol. The summed E-state index contributed by atoms with van der Waals surface area (Å²) in [5.41, 5.74) is 1.59. The Hall–Kier alpha value is -1.10. The Labute approximate surface area is 87.4 Å². The molecule has 0 unspecified atom stereocenters. The zero-order chi connectivity index (χ0) is 10.7. The quantitative estimate of drug-likeness (QED) is 0.823. The first kappa shape index (κ1) is 11.0. The van der Waals surface area contributed by atoms with Crippen molar-refractivity contribution >= 4 is 23.3 Å². The van der Waals surface area contributed by atoms with Gasteiger partial charge < -0.3 is 4.74 Å². The van der Waals surface area contributed by atoms with Gasteiger partial charge in [-0.15, -0.1) is 0 Å². The van der Waals surface area contributed by atoms with Gasteiger partial charge in [0.1, 0.15) is 0 Å². The Morgan fingerprint density at radius 3 is 2.57 bits per heavy atom. The van der Waals surface area contributed by atoms with Crippen LogP contribution in [0.25, 0.3) is 0 Å². The number of anilines is 1. The van der Waals surface area contributed by atoms with Crippen LogP contribution in [0.15, 0.2) is 0 Å². The molecule has 1 heterocycles. The lowest BCUT2D eigenvalue weighted by Crippen LogP contribution is -2.18. The van der Waals surface area contributed by atoms with Crippen molar-refractivity contribution < 1.29 is 9.53 Å². The van der Waals surface area contributed by atoms with E-state index in [0.29, 0.717) is 0 Å². The number of aromatic nitrogens is 1. The molecule has 5 heteroatoms. The lowest BCUT2D eigenvalue weighted by Gasteiger charge is -2.09. The molecule has 0 atom stereocenters. The molecule has 1 aromatic heterocycles. The van der Waals surface area contributed by atoms with Crippen molar-refractivity contribution in [3.63, 3.8) is 0 Å². The first-order valence-corrected chi connectivity index (χ1v) is 5.18. The first-order valence-electron chi connectivity index (χ1n) is 4.41. The minimum atomic E-state index is -0.425. The number of aryl methyl sites for hydroxylation is 2. The molecule has 0 aliphatic heterocycles. The second kappa shape index (κ2) is 4.41. The Balaban J connectivity index is 2.64. The van der Waals surface area contributed by atoms with E-state index in [1.165, 1.54) is 11.5 Å². The number of nitrogens with zero attached hydrogens (tertiary/aromatic N) is 1. The molecule has 0 saturated heterocycles. The van der Waals surface area contributed by atoms with E-state index in [4.69, 9.17) is 4.74 Å². The minimum Gasteiger partial charge on any atom is -0.447 e. The summed E-state index contributed by atoms with van der Waals surface area (Å²) >= 11 is 1.37. The van der Waals surface area contributed by atoms with Crippen molar-refractivity contribution in [2.24, 2.45) is 0 Å². The van der Waals surface area contributed by atoms with Gasteiger partial charge in [-0.25, -0.2) is 4.79 Å². The number of ether oxygens (including phenoxy) is 1. The molecule has 0 aliphatic rings. The maximum absolute atomic E-state index is 11.3. The molecule has 0 aromatic carbocycles. The third-order valence-corrected chi connectivity index (χ3v) is 2.45. The summed E-state index contributed by atoms with van der Waals surface area (Å²) in [5.74, 6) is 0. The summed E-state index contributed by atoms with van der Waals surface area (Å²) in [7, 11) is 0. The molecule has 78 valence electrons. The maximum atomic E-state index is 11.3. The Kier molecular flexibility index (Phi) is 3.46. The van der Waals surface area contributed by atoms with Gasteiger partial charge in [0.05, 0.1) is 17.5 Å². The number of amides is 1. The lowest BCUT2D eigenvalue weighted by atomic mass is 10.3. The summed E-state index contributed by atoms with van der Waals surface area (Å²) in [6, 6.07) is 0. The average molecular weight is 214 g/mol. The Morgan fingerprint density at radius 2 is 2.14 bits per heavy atom. The van der Waals surface area contributed by atoms with E-state index in [9.17, 15) is 4.79 Å². The molecule has 14 heavy (non-hydrogen) atoms. The van der Waals surface area contributed by atoms with Crippen LogP contribution in [0, 0.1) is 13.8 Å². The molecule has 4 nitrogen and oxygen atoms in total. The van der Waals surface area contributed by atoms with Crippen molar-refractivity contribution in [1.29, 1.82) is 0 Å². The number of carbonyl (C=O) groups excluding carboxylic acids is 1. The summed E-state index contributed by atoms with van der Waals surface area (Å²) in [5, 5.41) is 2.68. The molecule has 0 saturated carbocycles. The van der Waals surface area contributed by atoms with E-state index in [1.54, 1.807) is 0 Å². The molecular formula is C9H14N2O2S. The van der Waals surface area contributed by atoms with Crippen LogP contribution in [0.1, 0.15) is 24.4 Å². The fourth-order valence-electron chi connectivity index (χ4n) is 1.01. The monoisotopic (exact) mass is 214 g/mol. The van der Waals surface area contributed by atoms with Gasteiger partial charge in [-0.3, -0.25) is 5.32 Å². The highest BCUT2D eigenvalue weighted by atomic mass is 32.1. The predicted molar refractivity (Wildman–Crippen MR) is 56.8 cm³/mol. The zero-order valence-electron chi connectivity index (χ0n) is 8.75. The highest BCUT2D eigenvalue weighted by Gasteiger charge is 2.11. The van der Waals surface area contributed by atoms with E-state index >= 15 is 0 Å². The SMILES string of the molecule is Cc1nsc(C)c1NC(=O)OC(C)C.